The van der Waals surface area contributed by atoms with Crippen LogP contribution in [-0.4, -0.2) is 63.4 Å². The Morgan fingerprint density at radius 2 is 1.75 bits per heavy atom. The Morgan fingerprint density at radius 3 is 2.34 bits per heavy atom. The van der Waals surface area contributed by atoms with E-state index < -0.39 is 16.5 Å². The highest BCUT2D eigenvalue weighted by Gasteiger charge is 2.32. The van der Waals surface area contributed by atoms with Gasteiger partial charge >= 0.3 is 5.69 Å². The summed E-state index contributed by atoms with van der Waals surface area (Å²) in [5, 5.41) is 14.5. The van der Waals surface area contributed by atoms with Crippen LogP contribution in [0, 0.1) is 10.1 Å². The average Bonchev–Trinajstić information content (AvgIpc) is 2.82. The monoisotopic (exact) mass is 445 g/mol. The first-order valence-corrected chi connectivity index (χ1v) is 10.1. The molecule has 1 aliphatic rings. The van der Waals surface area contributed by atoms with E-state index in [2.05, 4.69) is 10.2 Å². The molecule has 1 heterocycles. The number of ether oxygens (including phenoxy) is 4. The topological polar surface area (TPSA) is 112 Å². The smallest absolute Gasteiger partial charge is 0.327 e. The fourth-order valence-electron chi connectivity index (χ4n) is 3.65. The zero-order chi connectivity index (χ0) is 23.1. The molecular formula is C22H27N3O7. The molecule has 0 bridgehead atoms. The molecule has 1 fully saturated rings. The van der Waals surface area contributed by atoms with Gasteiger partial charge in [-0.05, 0) is 11.1 Å². The summed E-state index contributed by atoms with van der Waals surface area (Å²) in [5.74, 6) is -0.575. The van der Waals surface area contributed by atoms with Crippen molar-refractivity contribution in [2.75, 3.05) is 47.6 Å². The van der Waals surface area contributed by atoms with Gasteiger partial charge in [0.1, 0.15) is 5.56 Å². The summed E-state index contributed by atoms with van der Waals surface area (Å²) in [7, 11) is 4.00. The van der Waals surface area contributed by atoms with Gasteiger partial charge in [0.2, 0.25) is 11.5 Å². The molecular weight excluding hydrogens is 418 g/mol. The number of nitrogens with one attached hydrogen (secondary N) is 1. The fraction of sp³-hybridized carbons (Fsp3) is 0.409. The van der Waals surface area contributed by atoms with E-state index in [9.17, 15) is 14.9 Å². The summed E-state index contributed by atoms with van der Waals surface area (Å²) in [4.78, 5) is 26.4. The minimum absolute atomic E-state index is 0.0501. The first kappa shape index (κ1) is 23.3. The lowest BCUT2D eigenvalue weighted by atomic mass is 10.1. The first-order chi connectivity index (χ1) is 15.5. The van der Waals surface area contributed by atoms with Crippen molar-refractivity contribution in [2.45, 2.75) is 13.1 Å². The Hall–Kier alpha value is -3.37. The number of benzene rings is 2. The van der Waals surface area contributed by atoms with Gasteiger partial charge in [-0.2, -0.15) is 0 Å². The number of nitro benzene ring substituents is 1. The van der Waals surface area contributed by atoms with E-state index in [0.29, 0.717) is 13.2 Å². The summed E-state index contributed by atoms with van der Waals surface area (Å²) in [6.07, 6.45) is 0. The number of carbonyl (C=O) groups excluding carboxylic acids is 1. The maximum absolute atomic E-state index is 13.0. The van der Waals surface area contributed by atoms with Crippen LogP contribution in [0.3, 0.4) is 0 Å². The lowest BCUT2D eigenvalue weighted by molar-refractivity contribution is -0.386. The third-order valence-corrected chi connectivity index (χ3v) is 5.29. The Kier molecular flexibility index (Phi) is 7.85. The van der Waals surface area contributed by atoms with Crippen LogP contribution >= 0.6 is 0 Å². The molecule has 3 rings (SSSR count). The first-order valence-electron chi connectivity index (χ1n) is 10.1. The predicted octanol–water partition coefficient (Wildman–Crippen LogP) is 2.38. The van der Waals surface area contributed by atoms with E-state index >= 15 is 0 Å². The van der Waals surface area contributed by atoms with Crippen LogP contribution in [0.5, 0.6) is 17.2 Å². The third-order valence-electron chi connectivity index (χ3n) is 5.29. The molecule has 1 N–H and O–H groups in total. The van der Waals surface area contributed by atoms with Gasteiger partial charge in [0.15, 0.2) is 5.75 Å². The summed E-state index contributed by atoms with van der Waals surface area (Å²) >= 11 is 0. The van der Waals surface area contributed by atoms with Crippen LogP contribution in [0.1, 0.15) is 21.5 Å². The molecule has 0 aliphatic carbocycles. The summed E-state index contributed by atoms with van der Waals surface area (Å²) < 4.78 is 21.0. The van der Waals surface area contributed by atoms with Crippen molar-refractivity contribution in [1.82, 2.24) is 10.2 Å². The highest BCUT2D eigenvalue weighted by atomic mass is 16.6. The van der Waals surface area contributed by atoms with E-state index in [1.807, 2.05) is 24.3 Å². The number of rotatable bonds is 9. The van der Waals surface area contributed by atoms with Gasteiger partial charge in [-0.3, -0.25) is 19.8 Å². The standard InChI is InChI=1S/C22H27N3O7/c1-29-18-12-17(19(25(27)28)21(31-3)20(18)30-2)22(26)23-13-15-6-4-5-7-16(15)14-24-8-10-32-11-9-24/h4-7,12H,8-11,13-14H2,1-3H3,(H,23,26). The molecule has 0 saturated carbocycles. The van der Waals surface area contributed by atoms with Crippen molar-refractivity contribution in [3.63, 3.8) is 0 Å². The van der Waals surface area contributed by atoms with Gasteiger partial charge in [-0.1, -0.05) is 24.3 Å². The Morgan fingerprint density at radius 1 is 1.09 bits per heavy atom. The molecule has 1 saturated heterocycles. The van der Waals surface area contributed by atoms with E-state index in [-0.39, 0.29) is 29.4 Å². The lowest BCUT2D eigenvalue weighted by Gasteiger charge is -2.27. The van der Waals surface area contributed by atoms with Crippen molar-refractivity contribution >= 4 is 11.6 Å². The Bertz CT molecular complexity index is 974. The molecule has 0 aromatic heterocycles. The molecule has 32 heavy (non-hydrogen) atoms. The van der Waals surface area contributed by atoms with Gasteiger partial charge in [-0.15, -0.1) is 0 Å². The van der Waals surface area contributed by atoms with Gasteiger partial charge in [0.05, 0.1) is 39.5 Å². The SMILES string of the molecule is COc1cc(C(=O)NCc2ccccc2CN2CCOCC2)c([N+](=O)[O-])c(OC)c1OC. The molecule has 2 aromatic carbocycles. The Balaban J connectivity index is 1.84. The van der Waals surface area contributed by atoms with Crippen LogP contribution in [-0.2, 0) is 17.8 Å². The molecule has 2 aromatic rings. The molecule has 172 valence electrons. The number of nitro groups is 1. The zero-order valence-electron chi connectivity index (χ0n) is 18.4. The number of methoxy groups -OCH3 is 3. The van der Waals surface area contributed by atoms with Crippen LogP contribution in [0.4, 0.5) is 5.69 Å². The quantitative estimate of drug-likeness (QED) is 0.463. The van der Waals surface area contributed by atoms with Crippen LogP contribution in [0.15, 0.2) is 30.3 Å². The predicted molar refractivity (Wildman–Crippen MR) is 116 cm³/mol. The largest absolute Gasteiger partial charge is 0.493 e. The molecule has 0 radical (unpaired) electrons. The van der Waals surface area contributed by atoms with Gasteiger partial charge in [-0.25, -0.2) is 0 Å². The molecule has 0 unspecified atom stereocenters. The molecule has 1 amide bonds. The summed E-state index contributed by atoms with van der Waals surface area (Å²) in [5.41, 5.74) is 1.36. The number of hydrogen-bond donors (Lipinski definition) is 1. The summed E-state index contributed by atoms with van der Waals surface area (Å²) in [6.45, 7) is 4.04. The second-order valence-electron chi connectivity index (χ2n) is 7.14. The maximum Gasteiger partial charge on any atom is 0.327 e. The van der Waals surface area contributed by atoms with Crippen LogP contribution < -0.4 is 19.5 Å². The zero-order valence-corrected chi connectivity index (χ0v) is 18.4. The van der Waals surface area contributed by atoms with Crippen LogP contribution in [0.2, 0.25) is 0 Å². The average molecular weight is 445 g/mol. The van der Waals surface area contributed by atoms with Gasteiger partial charge in [0, 0.05) is 32.2 Å². The summed E-state index contributed by atoms with van der Waals surface area (Å²) in [6, 6.07) is 9.07. The molecule has 10 heteroatoms. The van der Waals surface area contributed by atoms with Crippen molar-refractivity contribution in [2.24, 2.45) is 0 Å². The molecule has 0 spiro atoms. The Labute approximate surface area is 186 Å². The normalized spacial score (nSPS) is 14.0. The van der Waals surface area contributed by atoms with Crippen molar-refractivity contribution < 1.29 is 28.7 Å². The maximum atomic E-state index is 13.0. The van der Waals surface area contributed by atoms with Gasteiger partial charge < -0.3 is 24.3 Å². The van der Waals surface area contributed by atoms with Crippen LogP contribution in [0.25, 0.3) is 0 Å². The number of nitrogens with zero attached hydrogens (tertiary/aromatic N) is 2. The highest BCUT2D eigenvalue weighted by molar-refractivity contribution is 6.00. The van der Waals surface area contributed by atoms with Crippen molar-refractivity contribution in [3.05, 3.63) is 57.1 Å². The molecule has 0 atom stereocenters. The second kappa shape index (κ2) is 10.8. The van der Waals surface area contributed by atoms with E-state index in [1.165, 1.54) is 27.4 Å². The fourth-order valence-corrected chi connectivity index (χ4v) is 3.65. The van der Waals surface area contributed by atoms with E-state index in [4.69, 9.17) is 18.9 Å². The van der Waals surface area contributed by atoms with Crippen molar-refractivity contribution in [3.8, 4) is 17.2 Å². The number of hydrogen-bond acceptors (Lipinski definition) is 8. The number of amides is 1. The number of carbonyl (C=O) groups is 1. The minimum atomic E-state index is -0.665. The third kappa shape index (κ3) is 5.09. The van der Waals surface area contributed by atoms with Crippen molar-refractivity contribution in [1.29, 1.82) is 0 Å². The minimum Gasteiger partial charge on any atom is -0.493 e. The second-order valence-corrected chi connectivity index (χ2v) is 7.14. The highest BCUT2D eigenvalue weighted by Crippen LogP contribution is 2.46. The lowest BCUT2D eigenvalue weighted by Crippen LogP contribution is -2.36. The van der Waals surface area contributed by atoms with E-state index in [1.54, 1.807) is 0 Å². The van der Waals surface area contributed by atoms with Gasteiger partial charge in [0.25, 0.3) is 5.91 Å². The van der Waals surface area contributed by atoms with E-state index in [0.717, 1.165) is 30.8 Å². The number of morpholine rings is 1. The molecule has 1 aliphatic heterocycles. The molecule has 10 nitrogen and oxygen atoms in total.